The first-order valence-electron chi connectivity index (χ1n) is 9.84. The summed E-state index contributed by atoms with van der Waals surface area (Å²) in [6.07, 6.45) is 15.2. The first-order chi connectivity index (χ1) is 10.9. The summed E-state index contributed by atoms with van der Waals surface area (Å²) in [4.78, 5) is 9.88. The summed E-state index contributed by atoms with van der Waals surface area (Å²) >= 11 is 0. The van der Waals surface area contributed by atoms with Gasteiger partial charge in [-0.25, -0.2) is 0 Å². The van der Waals surface area contributed by atoms with E-state index in [0.717, 1.165) is 25.7 Å². The predicted molar refractivity (Wildman–Crippen MR) is 104 cm³/mol. The standard InChI is InChI=1S/C16H35O2P.C3H8O.Ti/c1-3-5-7-9-11-13-15-19(17,18)16-14-12-10-8-6-4-2;1-3(2)4;/h3-16H2,1-2H3,(H,17,18);3-4H,1-2H3;. The molecule has 0 atom stereocenters. The summed E-state index contributed by atoms with van der Waals surface area (Å²) in [7, 11) is -2.80. The Hall–Kier alpha value is 0.864. The molecule has 0 aromatic rings. The Morgan fingerprint density at radius 3 is 1.25 bits per heavy atom. The molecule has 0 aromatic carbocycles. The van der Waals surface area contributed by atoms with Gasteiger partial charge in [0.15, 0.2) is 0 Å². The van der Waals surface area contributed by atoms with Gasteiger partial charge in [-0.05, 0) is 26.7 Å². The Labute approximate surface area is 166 Å². The summed E-state index contributed by atoms with van der Waals surface area (Å²) in [6, 6.07) is 0. The number of rotatable bonds is 14. The molecular formula is C19H43O3PTi. The van der Waals surface area contributed by atoms with Crippen LogP contribution in [-0.4, -0.2) is 28.4 Å². The van der Waals surface area contributed by atoms with E-state index < -0.39 is 7.37 Å². The fourth-order valence-electron chi connectivity index (χ4n) is 2.39. The van der Waals surface area contributed by atoms with E-state index in [9.17, 15) is 9.46 Å². The zero-order chi connectivity index (χ0) is 18.0. The largest absolute Gasteiger partial charge is 0.394 e. The predicted octanol–water partition coefficient (Wildman–Crippen LogP) is 6.36. The number of hydrogen-bond acceptors (Lipinski definition) is 2. The van der Waals surface area contributed by atoms with Crippen LogP contribution in [0.25, 0.3) is 0 Å². The molecule has 0 aliphatic heterocycles. The fourth-order valence-corrected chi connectivity index (χ4v) is 4.05. The number of aliphatic hydroxyl groups excluding tert-OH is 1. The van der Waals surface area contributed by atoms with Crippen LogP contribution in [0, 0.1) is 0 Å². The molecule has 24 heavy (non-hydrogen) atoms. The molecule has 0 heterocycles. The summed E-state index contributed by atoms with van der Waals surface area (Å²) in [5.41, 5.74) is 0. The Balaban J connectivity index is -0.000000787. The van der Waals surface area contributed by atoms with Gasteiger partial charge in [0.1, 0.15) is 0 Å². The van der Waals surface area contributed by atoms with Crippen molar-refractivity contribution in [2.24, 2.45) is 0 Å². The van der Waals surface area contributed by atoms with Crippen molar-refractivity contribution >= 4 is 7.37 Å². The van der Waals surface area contributed by atoms with Crippen LogP contribution in [0.5, 0.6) is 0 Å². The molecule has 3 nitrogen and oxygen atoms in total. The van der Waals surface area contributed by atoms with Crippen molar-refractivity contribution in [3.8, 4) is 0 Å². The van der Waals surface area contributed by atoms with Crippen LogP contribution in [0.4, 0.5) is 0 Å². The quantitative estimate of drug-likeness (QED) is 0.203. The van der Waals surface area contributed by atoms with Crippen LogP contribution in [0.2, 0.25) is 0 Å². The van der Waals surface area contributed by atoms with Gasteiger partial charge in [0.05, 0.1) is 0 Å². The Kier molecular flexibility index (Phi) is 27.0. The third-order valence-electron chi connectivity index (χ3n) is 3.72. The first kappa shape index (κ1) is 29.6. The molecule has 0 aliphatic carbocycles. The average molecular weight is 398 g/mol. The number of hydrogen-bond donors (Lipinski definition) is 2. The Bertz CT molecular complexity index is 251. The molecule has 0 radical (unpaired) electrons. The SMILES string of the molecule is CC(C)O.CCCCCCCCP(=O)(O)CCCCCCCC.[Ti]. The summed E-state index contributed by atoms with van der Waals surface area (Å²) in [5, 5.41) is 8.06. The summed E-state index contributed by atoms with van der Waals surface area (Å²) in [5.74, 6) is 0. The van der Waals surface area contributed by atoms with Crippen molar-refractivity contribution in [3.05, 3.63) is 0 Å². The van der Waals surface area contributed by atoms with Crippen molar-refractivity contribution < 1.29 is 36.3 Å². The van der Waals surface area contributed by atoms with Crippen LogP contribution < -0.4 is 0 Å². The van der Waals surface area contributed by atoms with Gasteiger partial charge in [-0.2, -0.15) is 0 Å². The number of unbranched alkanes of at least 4 members (excludes halogenated alkanes) is 10. The molecule has 0 saturated carbocycles. The molecule has 0 amide bonds. The number of aliphatic hydroxyl groups is 1. The smallest absolute Gasteiger partial charge is 0.200 e. The molecular weight excluding hydrogens is 355 g/mol. The van der Waals surface area contributed by atoms with Crippen molar-refractivity contribution in [1.29, 1.82) is 0 Å². The minimum Gasteiger partial charge on any atom is -0.394 e. The second-order valence-electron chi connectivity index (χ2n) is 6.92. The van der Waals surface area contributed by atoms with Gasteiger partial charge in [0.2, 0.25) is 7.37 Å². The third kappa shape index (κ3) is 30.7. The molecule has 0 spiro atoms. The van der Waals surface area contributed by atoms with E-state index in [1.54, 1.807) is 13.8 Å². The third-order valence-corrected chi connectivity index (χ3v) is 5.75. The molecule has 0 bridgehead atoms. The maximum Gasteiger partial charge on any atom is 0.200 e. The van der Waals surface area contributed by atoms with Gasteiger partial charge in [0, 0.05) is 40.1 Å². The molecule has 0 rings (SSSR count). The van der Waals surface area contributed by atoms with E-state index in [-0.39, 0.29) is 27.8 Å². The van der Waals surface area contributed by atoms with Gasteiger partial charge in [-0.15, -0.1) is 0 Å². The van der Waals surface area contributed by atoms with E-state index >= 15 is 0 Å². The van der Waals surface area contributed by atoms with Gasteiger partial charge in [-0.3, -0.25) is 4.57 Å². The minimum absolute atomic E-state index is 0. The minimum atomic E-state index is -2.80. The van der Waals surface area contributed by atoms with Crippen molar-refractivity contribution in [1.82, 2.24) is 0 Å². The Morgan fingerprint density at radius 2 is 0.958 bits per heavy atom. The maximum absolute atomic E-state index is 11.9. The molecule has 146 valence electrons. The van der Waals surface area contributed by atoms with Crippen molar-refractivity contribution in [2.75, 3.05) is 12.3 Å². The van der Waals surface area contributed by atoms with Crippen LogP contribution >= 0.6 is 7.37 Å². The van der Waals surface area contributed by atoms with Gasteiger partial charge < -0.3 is 10.00 Å². The summed E-state index contributed by atoms with van der Waals surface area (Å²) < 4.78 is 11.9. The fraction of sp³-hybridized carbons (Fsp3) is 1.00. The van der Waals surface area contributed by atoms with E-state index in [2.05, 4.69) is 13.8 Å². The van der Waals surface area contributed by atoms with Crippen molar-refractivity contribution in [3.63, 3.8) is 0 Å². The monoisotopic (exact) mass is 398 g/mol. The van der Waals surface area contributed by atoms with Crippen LogP contribution in [0.15, 0.2) is 0 Å². The zero-order valence-electron chi connectivity index (χ0n) is 16.7. The molecule has 0 aliphatic rings. The zero-order valence-corrected chi connectivity index (χ0v) is 19.2. The molecule has 0 saturated heterocycles. The van der Waals surface area contributed by atoms with Gasteiger partial charge in [-0.1, -0.05) is 78.1 Å². The molecule has 2 N–H and O–H groups in total. The second-order valence-corrected chi connectivity index (χ2v) is 9.51. The van der Waals surface area contributed by atoms with E-state index in [1.807, 2.05) is 0 Å². The summed E-state index contributed by atoms with van der Waals surface area (Å²) in [6.45, 7) is 7.87. The van der Waals surface area contributed by atoms with E-state index in [0.29, 0.717) is 12.3 Å². The second kappa shape index (κ2) is 21.9. The van der Waals surface area contributed by atoms with Crippen LogP contribution in [0.1, 0.15) is 105 Å². The normalized spacial score (nSPS) is 11.0. The average Bonchev–Trinajstić information content (AvgIpc) is 2.46. The van der Waals surface area contributed by atoms with Crippen LogP contribution in [-0.2, 0) is 26.3 Å². The molecule has 0 unspecified atom stereocenters. The van der Waals surface area contributed by atoms with Gasteiger partial charge in [0.25, 0.3) is 0 Å². The molecule has 0 fully saturated rings. The van der Waals surface area contributed by atoms with Crippen LogP contribution in [0.3, 0.4) is 0 Å². The first-order valence-corrected chi connectivity index (χ1v) is 11.9. The Morgan fingerprint density at radius 1 is 0.708 bits per heavy atom. The topological polar surface area (TPSA) is 57.5 Å². The van der Waals surface area contributed by atoms with Gasteiger partial charge >= 0.3 is 0 Å². The molecule has 0 aromatic heterocycles. The van der Waals surface area contributed by atoms with Crippen molar-refractivity contribution in [2.45, 2.75) is 111 Å². The molecule has 5 heteroatoms. The maximum atomic E-state index is 11.9. The van der Waals surface area contributed by atoms with E-state index in [4.69, 9.17) is 5.11 Å². The van der Waals surface area contributed by atoms with E-state index in [1.165, 1.54) is 51.4 Å².